The molecule has 2 aromatic carbocycles. The van der Waals surface area contributed by atoms with Gasteiger partial charge in [-0.05, 0) is 56.1 Å². The first-order valence-corrected chi connectivity index (χ1v) is 9.72. The standard InChI is InChI=1S/C18H15Br3O4/c1-2-17(22)25-16-7-4-3-6-15(16)23-8-5-9-24-18-13(20)10-12(19)11-14(18)21/h2-4,6-7,10-11H,1,5,8-9H2. The van der Waals surface area contributed by atoms with Gasteiger partial charge in [0, 0.05) is 17.0 Å². The van der Waals surface area contributed by atoms with Gasteiger partial charge in [-0.2, -0.15) is 0 Å². The van der Waals surface area contributed by atoms with Gasteiger partial charge >= 0.3 is 5.97 Å². The summed E-state index contributed by atoms with van der Waals surface area (Å²) in [5, 5.41) is 0. The van der Waals surface area contributed by atoms with Crippen LogP contribution in [0.4, 0.5) is 0 Å². The van der Waals surface area contributed by atoms with Crippen molar-refractivity contribution in [3.05, 3.63) is 62.5 Å². The highest BCUT2D eigenvalue weighted by molar-refractivity contribution is 9.11. The molecule has 0 fully saturated rings. The van der Waals surface area contributed by atoms with E-state index in [-0.39, 0.29) is 0 Å². The maximum atomic E-state index is 11.3. The predicted octanol–water partition coefficient (Wildman–Crippen LogP) is 5.91. The van der Waals surface area contributed by atoms with Crippen molar-refractivity contribution >= 4 is 53.8 Å². The average molecular weight is 535 g/mol. The number of carbonyl (C=O) groups is 1. The molecule has 0 heterocycles. The maximum Gasteiger partial charge on any atom is 0.335 e. The lowest BCUT2D eigenvalue weighted by Gasteiger charge is -2.12. The number of esters is 1. The topological polar surface area (TPSA) is 44.8 Å². The molecule has 2 rings (SSSR count). The molecule has 0 aromatic heterocycles. The Morgan fingerprint density at radius 3 is 2.24 bits per heavy atom. The molecular weight excluding hydrogens is 520 g/mol. The van der Waals surface area contributed by atoms with E-state index >= 15 is 0 Å². The van der Waals surface area contributed by atoms with Gasteiger partial charge in [0.1, 0.15) is 5.75 Å². The van der Waals surface area contributed by atoms with Crippen molar-refractivity contribution < 1.29 is 19.0 Å². The number of carbonyl (C=O) groups excluding carboxylic acids is 1. The van der Waals surface area contributed by atoms with E-state index in [1.165, 1.54) is 0 Å². The lowest BCUT2D eigenvalue weighted by molar-refractivity contribution is -0.129. The Morgan fingerprint density at radius 1 is 1.00 bits per heavy atom. The third kappa shape index (κ3) is 6.17. The molecule has 0 aliphatic carbocycles. The number of benzene rings is 2. The van der Waals surface area contributed by atoms with E-state index in [4.69, 9.17) is 14.2 Å². The van der Waals surface area contributed by atoms with E-state index in [1.807, 2.05) is 18.2 Å². The second kappa shape index (κ2) is 9.99. The van der Waals surface area contributed by atoms with E-state index in [0.717, 1.165) is 25.2 Å². The largest absolute Gasteiger partial charge is 0.491 e. The van der Waals surface area contributed by atoms with Crippen molar-refractivity contribution in [1.82, 2.24) is 0 Å². The molecule has 0 N–H and O–H groups in total. The van der Waals surface area contributed by atoms with Crippen LogP contribution in [0.2, 0.25) is 0 Å². The Morgan fingerprint density at radius 2 is 1.60 bits per heavy atom. The SMILES string of the molecule is C=CC(=O)Oc1ccccc1OCCCOc1c(Br)cc(Br)cc1Br. The zero-order valence-electron chi connectivity index (χ0n) is 13.1. The summed E-state index contributed by atoms with van der Waals surface area (Å²) in [6.45, 7) is 4.28. The van der Waals surface area contributed by atoms with Crippen LogP contribution in [-0.4, -0.2) is 19.2 Å². The Kier molecular flexibility index (Phi) is 7.99. The first-order chi connectivity index (χ1) is 12.0. The van der Waals surface area contributed by atoms with Crippen LogP contribution < -0.4 is 14.2 Å². The number of hydrogen-bond donors (Lipinski definition) is 0. The van der Waals surface area contributed by atoms with Crippen LogP contribution in [0.1, 0.15) is 6.42 Å². The molecule has 0 aliphatic heterocycles. The van der Waals surface area contributed by atoms with Crippen LogP contribution in [-0.2, 0) is 4.79 Å². The molecule has 0 atom stereocenters. The highest BCUT2D eigenvalue weighted by atomic mass is 79.9. The van der Waals surface area contributed by atoms with E-state index in [9.17, 15) is 4.79 Å². The molecule has 4 nitrogen and oxygen atoms in total. The monoisotopic (exact) mass is 532 g/mol. The highest BCUT2D eigenvalue weighted by Crippen LogP contribution is 2.36. The summed E-state index contributed by atoms with van der Waals surface area (Å²) in [4.78, 5) is 11.3. The molecule has 0 radical (unpaired) electrons. The predicted molar refractivity (Wildman–Crippen MR) is 107 cm³/mol. The normalized spacial score (nSPS) is 10.2. The van der Waals surface area contributed by atoms with Gasteiger partial charge in [0.2, 0.25) is 0 Å². The van der Waals surface area contributed by atoms with Crippen LogP contribution in [0.25, 0.3) is 0 Å². The fraction of sp³-hybridized carbons (Fsp3) is 0.167. The molecule has 0 bridgehead atoms. The summed E-state index contributed by atoms with van der Waals surface area (Å²) in [5.41, 5.74) is 0. The van der Waals surface area contributed by atoms with Crippen molar-refractivity contribution in [2.75, 3.05) is 13.2 Å². The number of ether oxygens (including phenoxy) is 3. The molecule has 0 aliphatic rings. The minimum atomic E-state index is -0.524. The molecule has 7 heteroatoms. The maximum absolute atomic E-state index is 11.3. The van der Waals surface area contributed by atoms with Gasteiger partial charge in [-0.25, -0.2) is 4.79 Å². The minimum absolute atomic E-state index is 0.367. The van der Waals surface area contributed by atoms with Crippen LogP contribution in [0.3, 0.4) is 0 Å². The summed E-state index contributed by atoms with van der Waals surface area (Å²) in [6, 6.07) is 10.8. The molecule has 0 spiro atoms. The second-order valence-corrected chi connectivity index (χ2v) is 7.45. The van der Waals surface area contributed by atoms with Gasteiger partial charge in [-0.3, -0.25) is 0 Å². The van der Waals surface area contributed by atoms with E-state index in [2.05, 4.69) is 54.4 Å². The number of rotatable bonds is 8. The Labute approximate surface area is 171 Å². The molecule has 0 amide bonds. The summed E-state index contributed by atoms with van der Waals surface area (Å²) in [5.74, 6) is 1.09. The van der Waals surface area contributed by atoms with Gasteiger partial charge < -0.3 is 14.2 Å². The number of hydrogen-bond acceptors (Lipinski definition) is 4. The molecule has 0 unspecified atom stereocenters. The lowest BCUT2D eigenvalue weighted by atomic mass is 10.3. The van der Waals surface area contributed by atoms with Gasteiger partial charge in [0.15, 0.2) is 11.5 Å². The van der Waals surface area contributed by atoms with Crippen molar-refractivity contribution in [1.29, 1.82) is 0 Å². The van der Waals surface area contributed by atoms with Crippen molar-refractivity contribution in [3.8, 4) is 17.2 Å². The fourth-order valence-electron chi connectivity index (χ4n) is 1.89. The zero-order valence-corrected chi connectivity index (χ0v) is 17.9. The minimum Gasteiger partial charge on any atom is -0.491 e. The van der Waals surface area contributed by atoms with E-state index < -0.39 is 5.97 Å². The summed E-state index contributed by atoms with van der Waals surface area (Å²) < 4.78 is 19.3. The molecule has 132 valence electrons. The van der Waals surface area contributed by atoms with Crippen LogP contribution in [0.15, 0.2) is 62.5 Å². The van der Waals surface area contributed by atoms with Gasteiger partial charge in [-0.1, -0.05) is 34.6 Å². The van der Waals surface area contributed by atoms with Crippen molar-refractivity contribution in [3.63, 3.8) is 0 Å². The van der Waals surface area contributed by atoms with Gasteiger partial charge in [0.05, 0.1) is 22.2 Å². The zero-order chi connectivity index (χ0) is 18.2. The van der Waals surface area contributed by atoms with Crippen molar-refractivity contribution in [2.24, 2.45) is 0 Å². The summed E-state index contributed by atoms with van der Waals surface area (Å²) >= 11 is 10.4. The smallest absolute Gasteiger partial charge is 0.335 e. The third-order valence-corrected chi connectivity index (χ3v) is 4.62. The first-order valence-electron chi connectivity index (χ1n) is 7.34. The molecule has 2 aromatic rings. The third-order valence-electron chi connectivity index (χ3n) is 2.98. The number of halogens is 3. The summed E-state index contributed by atoms with van der Waals surface area (Å²) in [7, 11) is 0. The van der Waals surface area contributed by atoms with Crippen molar-refractivity contribution in [2.45, 2.75) is 6.42 Å². The van der Waals surface area contributed by atoms with E-state index in [1.54, 1.807) is 18.2 Å². The Balaban J connectivity index is 1.84. The van der Waals surface area contributed by atoms with Gasteiger partial charge in [-0.15, -0.1) is 0 Å². The van der Waals surface area contributed by atoms with Crippen LogP contribution in [0, 0.1) is 0 Å². The second-order valence-electron chi connectivity index (χ2n) is 4.82. The molecular formula is C18H15Br3O4. The molecule has 25 heavy (non-hydrogen) atoms. The molecule has 0 saturated carbocycles. The van der Waals surface area contributed by atoms with Crippen LogP contribution >= 0.6 is 47.8 Å². The lowest BCUT2D eigenvalue weighted by Crippen LogP contribution is -2.08. The summed E-state index contributed by atoms with van der Waals surface area (Å²) in [6.07, 6.45) is 1.78. The van der Waals surface area contributed by atoms with Gasteiger partial charge in [0.25, 0.3) is 0 Å². The highest BCUT2D eigenvalue weighted by Gasteiger charge is 2.09. The quantitative estimate of drug-likeness (QED) is 0.183. The Bertz CT molecular complexity index is 739. The van der Waals surface area contributed by atoms with E-state index in [0.29, 0.717) is 31.1 Å². The first kappa shape index (κ1) is 20.0. The fourth-order valence-corrected chi connectivity index (χ4v) is 4.37. The molecule has 0 saturated heterocycles. The Hall–Kier alpha value is -1.31. The van der Waals surface area contributed by atoms with Crippen LogP contribution in [0.5, 0.6) is 17.2 Å². The average Bonchev–Trinajstić information content (AvgIpc) is 2.57. The number of para-hydroxylation sites is 2.